The number of hydrogen-bond donors (Lipinski definition) is 3. The third-order valence-electron chi connectivity index (χ3n) is 6.18. The Kier molecular flexibility index (Phi) is 12.8. The van der Waals surface area contributed by atoms with Gasteiger partial charge in [0, 0.05) is 39.3 Å². The predicted molar refractivity (Wildman–Crippen MR) is 166 cm³/mol. The van der Waals surface area contributed by atoms with Gasteiger partial charge in [-0.05, 0) is 25.9 Å². The van der Waals surface area contributed by atoms with Gasteiger partial charge in [-0.1, -0.05) is 24.4 Å². The van der Waals surface area contributed by atoms with Gasteiger partial charge in [-0.3, -0.25) is 19.2 Å². The average molecular weight is 678 g/mol. The quantitative estimate of drug-likeness (QED) is 0.230. The van der Waals surface area contributed by atoms with Gasteiger partial charge in [0.2, 0.25) is 0 Å². The third kappa shape index (κ3) is 9.14. The van der Waals surface area contributed by atoms with Gasteiger partial charge in [-0.25, -0.2) is 0 Å². The van der Waals surface area contributed by atoms with Crippen molar-refractivity contribution in [3.05, 3.63) is 25.8 Å². The van der Waals surface area contributed by atoms with Crippen LogP contribution in [-0.2, 0) is 9.47 Å². The molecular weight excluding hydrogens is 647 g/mol. The van der Waals surface area contributed by atoms with E-state index in [0.29, 0.717) is 117 Å². The SMILES string of the molecule is O=C(NCCCNCCCNC(=O)c1sc(=S)sc1C(=O)N1CCOCC1)c1sc(=S)sc1C(=O)N1CCOCC1. The van der Waals surface area contributed by atoms with Gasteiger partial charge in [0.25, 0.3) is 23.6 Å². The van der Waals surface area contributed by atoms with Crippen molar-refractivity contribution >= 4 is 93.4 Å². The van der Waals surface area contributed by atoms with Crippen LogP contribution in [0.25, 0.3) is 0 Å². The summed E-state index contributed by atoms with van der Waals surface area (Å²) in [7, 11) is 0. The molecular formula is C24H31N5O6S6. The molecule has 2 fully saturated rings. The number of carbonyl (C=O) groups is 4. The molecule has 2 aromatic heterocycles. The summed E-state index contributed by atoms with van der Waals surface area (Å²) >= 11 is 15.2. The van der Waals surface area contributed by atoms with Gasteiger partial charge < -0.3 is 35.2 Å². The molecule has 0 unspecified atom stereocenters. The van der Waals surface area contributed by atoms with Crippen LogP contribution in [0.15, 0.2) is 0 Å². The lowest BCUT2D eigenvalue weighted by atomic mass is 10.3. The molecule has 0 saturated carbocycles. The van der Waals surface area contributed by atoms with Gasteiger partial charge in [0.1, 0.15) is 25.8 Å². The zero-order valence-electron chi connectivity index (χ0n) is 22.2. The molecule has 3 N–H and O–H groups in total. The average Bonchev–Trinajstić information content (AvgIpc) is 3.58. The Bertz CT molecular complexity index is 1240. The van der Waals surface area contributed by atoms with Crippen LogP contribution in [0.1, 0.15) is 51.5 Å². The maximum atomic E-state index is 12.9. The number of hydrogen-bond acceptors (Lipinski definition) is 13. The Morgan fingerprint density at radius 1 is 0.610 bits per heavy atom. The molecule has 0 atom stereocenters. The summed E-state index contributed by atoms with van der Waals surface area (Å²) in [5, 5.41) is 9.06. The molecule has 41 heavy (non-hydrogen) atoms. The highest BCUT2D eigenvalue weighted by Crippen LogP contribution is 2.28. The first kappa shape index (κ1) is 32.2. The molecule has 224 valence electrons. The van der Waals surface area contributed by atoms with E-state index in [1.54, 1.807) is 9.80 Å². The van der Waals surface area contributed by atoms with E-state index in [-0.39, 0.29) is 23.6 Å². The molecule has 11 nitrogen and oxygen atoms in total. The van der Waals surface area contributed by atoms with Crippen molar-refractivity contribution in [2.45, 2.75) is 12.8 Å². The summed E-state index contributed by atoms with van der Waals surface area (Å²) in [5.74, 6) is -0.919. The van der Waals surface area contributed by atoms with Gasteiger partial charge in [-0.15, -0.1) is 45.3 Å². The number of rotatable bonds is 12. The van der Waals surface area contributed by atoms with Gasteiger partial charge in [0.05, 0.1) is 26.4 Å². The maximum absolute atomic E-state index is 12.9. The Labute approximate surface area is 263 Å². The first-order valence-electron chi connectivity index (χ1n) is 13.1. The topological polar surface area (TPSA) is 129 Å². The molecule has 2 aliphatic rings. The number of morpholine rings is 2. The van der Waals surface area contributed by atoms with E-state index >= 15 is 0 Å². The lowest BCUT2D eigenvalue weighted by Crippen LogP contribution is -2.41. The fourth-order valence-corrected chi connectivity index (χ4v) is 9.07. The number of amides is 4. The minimum atomic E-state index is -0.287. The minimum absolute atomic E-state index is 0.172. The van der Waals surface area contributed by atoms with Crippen LogP contribution in [0.4, 0.5) is 0 Å². The second kappa shape index (κ2) is 16.2. The lowest BCUT2D eigenvalue weighted by molar-refractivity contribution is 0.0304. The summed E-state index contributed by atoms with van der Waals surface area (Å²) in [6, 6.07) is 0. The Morgan fingerprint density at radius 2 is 0.976 bits per heavy atom. The molecule has 2 aliphatic heterocycles. The lowest BCUT2D eigenvalue weighted by Gasteiger charge is -2.26. The molecule has 0 aliphatic carbocycles. The van der Waals surface area contributed by atoms with E-state index in [4.69, 9.17) is 33.9 Å². The largest absolute Gasteiger partial charge is 0.378 e. The van der Waals surface area contributed by atoms with E-state index in [2.05, 4.69) is 16.0 Å². The minimum Gasteiger partial charge on any atom is -0.378 e. The van der Waals surface area contributed by atoms with E-state index in [9.17, 15) is 19.2 Å². The molecule has 2 saturated heterocycles. The van der Waals surface area contributed by atoms with Crippen molar-refractivity contribution in [1.29, 1.82) is 0 Å². The van der Waals surface area contributed by atoms with Crippen LogP contribution in [0.2, 0.25) is 0 Å². The first-order chi connectivity index (χ1) is 19.8. The van der Waals surface area contributed by atoms with E-state index in [0.717, 1.165) is 0 Å². The fourth-order valence-electron chi connectivity index (χ4n) is 4.08. The predicted octanol–water partition coefficient (Wildman–Crippen LogP) is 2.87. The van der Waals surface area contributed by atoms with Crippen molar-refractivity contribution in [2.24, 2.45) is 0 Å². The smallest absolute Gasteiger partial charge is 0.265 e. The van der Waals surface area contributed by atoms with Crippen molar-refractivity contribution in [1.82, 2.24) is 25.8 Å². The number of nitrogens with zero attached hydrogens (tertiary/aromatic N) is 2. The molecule has 0 spiro atoms. The van der Waals surface area contributed by atoms with E-state index in [1.807, 2.05) is 0 Å². The van der Waals surface area contributed by atoms with Gasteiger partial charge >= 0.3 is 0 Å². The summed E-state index contributed by atoms with van der Waals surface area (Å²) in [5.41, 5.74) is 0. The summed E-state index contributed by atoms with van der Waals surface area (Å²) in [4.78, 5) is 56.2. The molecule has 0 bridgehead atoms. The van der Waals surface area contributed by atoms with Crippen molar-refractivity contribution in [2.75, 3.05) is 78.8 Å². The van der Waals surface area contributed by atoms with Crippen molar-refractivity contribution in [3.63, 3.8) is 0 Å². The second-order valence-electron chi connectivity index (χ2n) is 9.00. The zero-order valence-corrected chi connectivity index (χ0v) is 27.1. The van der Waals surface area contributed by atoms with Crippen LogP contribution >= 0.6 is 69.8 Å². The highest BCUT2D eigenvalue weighted by molar-refractivity contribution is 7.77. The molecule has 0 radical (unpaired) electrons. The fraction of sp³-hybridized carbons (Fsp3) is 0.583. The molecule has 2 aromatic rings. The molecule has 0 aromatic carbocycles. The van der Waals surface area contributed by atoms with Crippen molar-refractivity contribution in [3.8, 4) is 0 Å². The summed E-state index contributed by atoms with van der Waals surface area (Å²) in [6.07, 6.45) is 1.40. The zero-order chi connectivity index (χ0) is 29.2. The second-order valence-corrected chi connectivity index (χ2v) is 15.5. The van der Waals surface area contributed by atoms with Crippen LogP contribution in [-0.4, -0.2) is 112 Å². The van der Waals surface area contributed by atoms with E-state index in [1.165, 1.54) is 45.3 Å². The normalized spacial score (nSPS) is 15.5. The summed E-state index contributed by atoms with van der Waals surface area (Å²) in [6.45, 7) is 6.23. The Morgan fingerprint density at radius 3 is 1.37 bits per heavy atom. The third-order valence-corrected chi connectivity index (χ3v) is 11.5. The van der Waals surface area contributed by atoms with Crippen LogP contribution in [0.5, 0.6) is 0 Å². The highest BCUT2D eigenvalue weighted by atomic mass is 32.2. The molecule has 17 heteroatoms. The van der Waals surface area contributed by atoms with Gasteiger partial charge in [-0.2, -0.15) is 0 Å². The highest BCUT2D eigenvalue weighted by Gasteiger charge is 2.27. The Hall–Kier alpha value is -1.70. The molecule has 4 rings (SSSR count). The van der Waals surface area contributed by atoms with Crippen LogP contribution < -0.4 is 16.0 Å². The number of nitrogens with one attached hydrogen (secondary N) is 3. The van der Waals surface area contributed by atoms with Crippen molar-refractivity contribution < 1.29 is 28.7 Å². The maximum Gasteiger partial charge on any atom is 0.265 e. The molecule has 4 amide bonds. The molecule has 4 heterocycles. The monoisotopic (exact) mass is 677 g/mol. The number of carbonyl (C=O) groups excluding carboxylic acids is 4. The first-order valence-corrected chi connectivity index (χ1v) is 17.2. The van der Waals surface area contributed by atoms with Crippen LogP contribution in [0, 0.1) is 6.28 Å². The summed E-state index contributed by atoms with van der Waals surface area (Å²) < 4.78 is 11.7. The standard InChI is InChI=1S/C24H31N5O6S6/c30-19(15-17(40-23(36)38-15)21(32)28-7-11-34-12-8-28)26-5-1-3-25-4-2-6-27-20(31)16-18(41-24(37)39-16)22(33)29-9-13-35-14-10-29/h25H,1-14H2,(H,26,30)(H,27,31). The Balaban J connectivity index is 1.12. The van der Waals surface area contributed by atoms with E-state index < -0.39 is 0 Å². The van der Waals surface area contributed by atoms with Crippen LogP contribution in [0.3, 0.4) is 0 Å². The number of ether oxygens (including phenoxy) is 2. The van der Waals surface area contributed by atoms with Gasteiger partial charge in [0.15, 0.2) is 0 Å².